The minimum Gasteiger partial charge on any atom is -0.497 e. The highest BCUT2D eigenvalue weighted by atomic mass is 79.9. The molecule has 1 N–H and O–H groups in total. The predicted molar refractivity (Wildman–Crippen MR) is 114 cm³/mol. The molecule has 138 valence electrons. The molecule has 0 aromatic heterocycles. The number of hydrazone groups is 1. The van der Waals surface area contributed by atoms with Gasteiger partial charge >= 0.3 is 0 Å². The molecule has 27 heavy (non-hydrogen) atoms. The van der Waals surface area contributed by atoms with E-state index in [1.807, 2.05) is 42.5 Å². The highest BCUT2D eigenvalue weighted by Crippen LogP contribution is 2.37. The monoisotopic (exact) mass is 490 g/mol. The molecule has 0 aliphatic heterocycles. The first-order valence-electron chi connectivity index (χ1n) is 8.04. The fourth-order valence-corrected chi connectivity index (χ4v) is 3.87. The second-order valence-electron chi connectivity index (χ2n) is 5.57. The van der Waals surface area contributed by atoms with Gasteiger partial charge in [-0.25, -0.2) is 5.43 Å². The van der Waals surface area contributed by atoms with Crippen molar-refractivity contribution in [3.8, 4) is 11.5 Å². The lowest BCUT2D eigenvalue weighted by molar-refractivity contribution is -0.123. The smallest absolute Gasteiger partial charge is 0.277 e. The molecule has 0 aliphatic carbocycles. The summed E-state index contributed by atoms with van der Waals surface area (Å²) in [5.74, 6) is 0.829. The summed E-state index contributed by atoms with van der Waals surface area (Å²) >= 11 is 6.80. The lowest BCUT2D eigenvalue weighted by atomic mass is 10.1. The van der Waals surface area contributed by atoms with Gasteiger partial charge in [0, 0.05) is 5.56 Å². The third-order valence-electron chi connectivity index (χ3n) is 3.77. The molecule has 3 rings (SSSR count). The van der Waals surface area contributed by atoms with Crippen molar-refractivity contribution < 1.29 is 14.3 Å². The maximum absolute atomic E-state index is 12.0. The van der Waals surface area contributed by atoms with Crippen LogP contribution in [0.3, 0.4) is 0 Å². The number of carbonyl (C=O) groups is 1. The number of hydrogen-bond donors (Lipinski definition) is 1. The molecule has 3 aromatic rings. The molecule has 0 aliphatic rings. The van der Waals surface area contributed by atoms with Crippen molar-refractivity contribution in [2.24, 2.45) is 5.10 Å². The highest BCUT2D eigenvalue weighted by Gasteiger charge is 2.11. The van der Waals surface area contributed by atoms with Gasteiger partial charge in [0.05, 0.1) is 22.3 Å². The van der Waals surface area contributed by atoms with E-state index in [0.717, 1.165) is 16.3 Å². The van der Waals surface area contributed by atoms with Gasteiger partial charge in [0.25, 0.3) is 5.91 Å². The maximum atomic E-state index is 12.0. The molecule has 0 saturated heterocycles. The van der Waals surface area contributed by atoms with Crippen LogP contribution in [0.25, 0.3) is 10.8 Å². The Labute approximate surface area is 173 Å². The van der Waals surface area contributed by atoms with Crippen molar-refractivity contribution in [2.75, 3.05) is 13.7 Å². The van der Waals surface area contributed by atoms with Crippen molar-refractivity contribution >= 4 is 54.8 Å². The highest BCUT2D eigenvalue weighted by molar-refractivity contribution is 9.11. The summed E-state index contributed by atoms with van der Waals surface area (Å²) in [6.07, 6.45) is 1.62. The van der Waals surface area contributed by atoms with Crippen LogP contribution in [0, 0.1) is 0 Å². The van der Waals surface area contributed by atoms with Gasteiger partial charge in [0.1, 0.15) is 11.5 Å². The molecule has 0 atom stereocenters. The molecule has 5 nitrogen and oxygen atoms in total. The molecule has 1 amide bonds. The number of rotatable bonds is 6. The summed E-state index contributed by atoms with van der Waals surface area (Å²) in [6, 6.07) is 17.4. The summed E-state index contributed by atoms with van der Waals surface area (Å²) in [7, 11) is 1.58. The molecule has 0 bridgehead atoms. The van der Waals surface area contributed by atoms with Crippen molar-refractivity contribution in [1.29, 1.82) is 0 Å². The standard InChI is InChI=1S/C20H16Br2N2O3/c1-26-15-9-17(21)20(18(22)10-15)27-12-19(25)24-23-11-14-7-4-6-13-5-2-3-8-16(13)14/h2-11H,12H2,1H3,(H,24,25). The zero-order chi connectivity index (χ0) is 19.2. The zero-order valence-electron chi connectivity index (χ0n) is 14.4. The van der Waals surface area contributed by atoms with Gasteiger partial charge in [0.2, 0.25) is 0 Å². The molecule has 0 spiro atoms. The van der Waals surface area contributed by atoms with Crippen LogP contribution < -0.4 is 14.9 Å². The Bertz CT molecular complexity index is 977. The molecule has 3 aromatic carbocycles. The van der Waals surface area contributed by atoms with E-state index < -0.39 is 0 Å². The third-order valence-corrected chi connectivity index (χ3v) is 4.95. The van der Waals surface area contributed by atoms with E-state index in [0.29, 0.717) is 20.4 Å². The maximum Gasteiger partial charge on any atom is 0.277 e. The summed E-state index contributed by atoms with van der Waals surface area (Å²) in [5.41, 5.74) is 3.40. The van der Waals surface area contributed by atoms with E-state index in [2.05, 4.69) is 42.4 Å². The summed E-state index contributed by atoms with van der Waals surface area (Å²) < 4.78 is 12.1. The summed E-state index contributed by atoms with van der Waals surface area (Å²) in [6.45, 7) is -0.170. The number of hydrogen-bond acceptors (Lipinski definition) is 4. The van der Waals surface area contributed by atoms with Crippen LogP contribution in [-0.2, 0) is 4.79 Å². The molecular weight excluding hydrogens is 476 g/mol. The van der Waals surface area contributed by atoms with Crippen LogP contribution in [0.4, 0.5) is 0 Å². The third kappa shape index (κ3) is 4.87. The predicted octanol–water partition coefficient (Wildman–Crippen LogP) is 4.90. The Balaban J connectivity index is 1.61. The number of benzene rings is 3. The number of carbonyl (C=O) groups excluding carboxylic acids is 1. The Morgan fingerprint density at radius 1 is 1.11 bits per heavy atom. The van der Waals surface area contributed by atoms with Gasteiger partial charge < -0.3 is 9.47 Å². The lowest BCUT2D eigenvalue weighted by Crippen LogP contribution is -2.24. The van der Waals surface area contributed by atoms with Gasteiger partial charge in [0.15, 0.2) is 6.61 Å². The number of nitrogens with one attached hydrogen (secondary N) is 1. The normalized spacial score (nSPS) is 10.9. The fraction of sp³-hybridized carbons (Fsp3) is 0.100. The molecule has 0 heterocycles. The largest absolute Gasteiger partial charge is 0.497 e. The van der Waals surface area contributed by atoms with E-state index in [4.69, 9.17) is 9.47 Å². The number of fused-ring (bicyclic) bond motifs is 1. The van der Waals surface area contributed by atoms with Gasteiger partial charge in [-0.3, -0.25) is 4.79 Å². The van der Waals surface area contributed by atoms with Crippen LogP contribution in [0.1, 0.15) is 5.56 Å². The topological polar surface area (TPSA) is 59.9 Å². The molecule has 0 unspecified atom stereocenters. The van der Waals surface area contributed by atoms with Crippen LogP contribution in [0.15, 0.2) is 68.6 Å². The number of methoxy groups -OCH3 is 1. The van der Waals surface area contributed by atoms with Gasteiger partial charge in [-0.05, 0) is 54.8 Å². The van der Waals surface area contributed by atoms with E-state index in [-0.39, 0.29) is 12.5 Å². The van der Waals surface area contributed by atoms with Crippen molar-refractivity contribution in [3.05, 3.63) is 69.1 Å². The van der Waals surface area contributed by atoms with Crippen LogP contribution in [0.5, 0.6) is 11.5 Å². The van der Waals surface area contributed by atoms with Crippen LogP contribution in [0.2, 0.25) is 0 Å². The number of nitrogens with zero attached hydrogens (tertiary/aromatic N) is 1. The molecule has 0 radical (unpaired) electrons. The summed E-state index contributed by atoms with van der Waals surface area (Å²) in [5, 5.41) is 6.21. The van der Waals surface area contributed by atoms with Crippen molar-refractivity contribution in [2.45, 2.75) is 0 Å². The zero-order valence-corrected chi connectivity index (χ0v) is 17.6. The number of ether oxygens (including phenoxy) is 2. The summed E-state index contributed by atoms with van der Waals surface area (Å²) in [4.78, 5) is 12.0. The van der Waals surface area contributed by atoms with E-state index >= 15 is 0 Å². The van der Waals surface area contributed by atoms with Gasteiger partial charge in [-0.1, -0.05) is 42.5 Å². The average molecular weight is 492 g/mol. The van der Waals surface area contributed by atoms with Crippen LogP contribution in [-0.4, -0.2) is 25.8 Å². The molecule has 0 saturated carbocycles. The molecule has 7 heteroatoms. The van der Waals surface area contributed by atoms with Crippen LogP contribution >= 0.6 is 31.9 Å². The molecule has 0 fully saturated rings. The van der Waals surface area contributed by atoms with Crippen molar-refractivity contribution in [1.82, 2.24) is 5.43 Å². The second-order valence-corrected chi connectivity index (χ2v) is 7.28. The average Bonchev–Trinajstić information content (AvgIpc) is 2.67. The first-order valence-corrected chi connectivity index (χ1v) is 9.62. The first-order chi connectivity index (χ1) is 13.1. The Morgan fingerprint density at radius 3 is 2.56 bits per heavy atom. The van der Waals surface area contributed by atoms with Gasteiger partial charge in [-0.15, -0.1) is 0 Å². The van der Waals surface area contributed by atoms with E-state index in [1.54, 1.807) is 25.5 Å². The minimum atomic E-state index is -0.360. The van der Waals surface area contributed by atoms with Crippen molar-refractivity contribution in [3.63, 3.8) is 0 Å². The van der Waals surface area contributed by atoms with E-state index in [9.17, 15) is 4.79 Å². The lowest BCUT2D eigenvalue weighted by Gasteiger charge is -2.11. The SMILES string of the molecule is COc1cc(Br)c(OCC(=O)NN=Cc2cccc3ccccc23)c(Br)c1. The minimum absolute atomic E-state index is 0.170. The Kier molecular flexibility index (Phi) is 6.47. The Morgan fingerprint density at radius 2 is 1.81 bits per heavy atom. The second kappa shape index (κ2) is 9.01. The number of amides is 1. The van der Waals surface area contributed by atoms with Gasteiger partial charge in [-0.2, -0.15) is 5.10 Å². The first kappa shape index (κ1) is 19.4. The fourth-order valence-electron chi connectivity index (χ4n) is 2.50. The quantitative estimate of drug-likeness (QED) is 0.394. The Hall–Kier alpha value is -2.38. The number of halogens is 2. The molecular formula is C20H16Br2N2O3. The van der Waals surface area contributed by atoms with E-state index in [1.165, 1.54) is 0 Å².